The van der Waals surface area contributed by atoms with Crippen LogP contribution in [0.15, 0.2) is 11.1 Å². The van der Waals surface area contributed by atoms with Gasteiger partial charge in [0.15, 0.2) is 11.9 Å². The van der Waals surface area contributed by atoms with E-state index in [2.05, 4.69) is 15.3 Å². The Hall–Kier alpha value is -3.15. The molecule has 1 aromatic rings. The Morgan fingerprint density at radius 2 is 1.72 bits per heavy atom. The molecule has 0 saturated heterocycles. The lowest BCUT2D eigenvalue weighted by molar-refractivity contribution is -0.177. The lowest BCUT2D eigenvalue weighted by Crippen LogP contribution is -2.46. The molecular weight excluding hydrogens is 388 g/mol. The van der Waals surface area contributed by atoms with E-state index in [0.717, 1.165) is 0 Å². The maximum Gasteiger partial charge on any atom is 0.303 e. The van der Waals surface area contributed by atoms with E-state index in [9.17, 15) is 19.2 Å². The molecule has 1 unspecified atom stereocenters. The number of aromatic amines is 1. The minimum absolute atomic E-state index is 0.240. The van der Waals surface area contributed by atoms with Crippen LogP contribution in [-0.4, -0.2) is 66.2 Å². The van der Waals surface area contributed by atoms with Gasteiger partial charge in [0.2, 0.25) is 0 Å². The fourth-order valence-corrected chi connectivity index (χ4v) is 2.70. The predicted octanol–water partition coefficient (Wildman–Crippen LogP) is -0.252. The van der Waals surface area contributed by atoms with Crippen molar-refractivity contribution < 1.29 is 33.3 Å². The van der Waals surface area contributed by atoms with Gasteiger partial charge in [-0.05, 0) is 6.92 Å². The first-order valence-corrected chi connectivity index (χ1v) is 8.86. The molecule has 0 aliphatic carbocycles. The van der Waals surface area contributed by atoms with Crippen molar-refractivity contribution in [3.05, 3.63) is 16.7 Å². The average molecular weight is 412 g/mol. The summed E-state index contributed by atoms with van der Waals surface area (Å²) in [6.45, 7) is 5.06. The number of fused-ring (bicyclic) bond motifs is 1. The molecule has 3 atom stereocenters. The molecule has 0 spiro atoms. The number of hydrogen-bond donors (Lipinski definition) is 2. The number of rotatable bonds is 9. The summed E-state index contributed by atoms with van der Waals surface area (Å²) in [4.78, 5) is 54.1. The second-order valence-corrected chi connectivity index (χ2v) is 6.26. The second-order valence-electron chi connectivity index (χ2n) is 6.26. The number of anilines is 2. The van der Waals surface area contributed by atoms with Crippen molar-refractivity contribution in [2.75, 3.05) is 30.1 Å². The number of H-pyrrole nitrogens is 1. The van der Waals surface area contributed by atoms with E-state index in [1.54, 1.807) is 11.8 Å². The highest BCUT2D eigenvalue weighted by atomic mass is 16.6. The first-order chi connectivity index (χ1) is 13.7. The molecule has 2 N–H and O–H groups in total. The molecule has 0 amide bonds. The van der Waals surface area contributed by atoms with Crippen LogP contribution in [0.1, 0.15) is 27.7 Å². The highest BCUT2D eigenvalue weighted by molar-refractivity contribution is 5.69. The van der Waals surface area contributed by atoms with Gasteiger partial charge in [-0.15, -0.1) is 0 Å². The minimum atomic E-state index is -1.01. The smallest absolute Gasteiger partial charge is 0.303 e. The summed E-state index contributed by atoms with van der Waals surface area (Å²) >= 11 is 0. The van der Waals surface area contributed by atoms with E-state index in [1.807, 2.05) is 0 Å². The van der Waals surface area contributed by atoms with Gasteiger partial charge >= 0.3 is 17.9 Å². The molecule has 0 bridgehead atoms. The van der Waals surface area contributed by atoms with Crippen LogP contribution in [-0.2, 0) is 33.3 Å². The summed E-state index contributed by atoms with van der Waals surface area (Å²) in [7, 11) is 0. The van der Waals surface area contributed by atoms with Crippen molar-refractivity contribution in [2.45, 2.75) is 46.1 Å². The molecule has 12 heteroatoms. The number of carbonyl (C=O) groups is 3. The summed E-state index contributed by atoms with van der Waals surface area (Å²) in [6.07, 6.45) is -1.34. The van der Waals surface area contributed by atoms with E-state index in [1.165, 1.54) is 27.1 Å². The predicted molar refractivity (Wildman–Crippen MR) is 99.0 cm³/mol. The molecule has 1 aromatic heterocycles. The Labute approximate surface area is 166 Å². The van der Waals surface area contributed by atoms with Crippen molar-refractivity contribution in [1.82, 2.24) is 9.97 Å². The maximum absolute atomic E-state index is 11.9. The van der Waals surface area contributed by atoms with Gasteiger partial charge < -0.3 is 34.1 Å². The summed E-state index contributed by atoms with van der Waals surface area (Å²) in [5.74, 6) is -1.35. The monoisotopic (exact) mass is 412 g/mol. The SMILES string of the molecule is CC(=O)OC[C@@H](OC(C)=O)[C@@H](COC(C)=O)OC(C)N1CNc2c1nc[nH]c2=O. The standard InChI is InChI=1S/C17H24N4O8/c1-9(21-8-20-15-16(21)18-7-19-17(15)25)28-13(5-26-10(2)22)14(29-12(4)24)6-27-11(3)23/h7,9,13-14,20H,5-6,8H2,1-4H3,(H,18,19,25)/t9?,13-,14-/m1/s1. The number of nitrogens with one attached hydrogen (secondary N) is 2. The highest BCUT2D eigenvalue weighted by Crippen LogP contribution is 2.27. The van der Waals surface area contributed by atoms with Gasteiger partial charge in [-0.1, -0.05) is 0 Å². The van der Waals surface area contributed by atoms with Crippen molar-refractivity contribution in [3.63, 3.8) is 0 Å². The lowest BCUT2D eigenvalue weighted by Gasteiger charge is -2.32. The maximum atomic E-state index is 11.9. The topological polar surface area (TPSA) is 149 Å². The average Bonchev–Trinajstić information content (AvgIpc) is 3.07. The van der Waals surface area contributed by atoms with Gasteiger partial charge in [-0.2, -0.15) is 0 Å². The van der Waals surface area contributed by atoms with Crippen LogP contribution in [0, 0.1) is 0 Å². The molecule has 1 aliphatic heterocycles. The molecule has 160 valence electrons. The van der Waals surface area contributed by atoms with Gasteiger partial charge in [0.25, 0.3) is 5.56 Å². The quantitative estimate of drug-likeness (QED) is 0.408. The first-order valence-electron chi connectivity index (χ1n) is 8.86. The van der Waals surface area contributed by atoms with Crippen LogP contribution in [0.5, 0.6) is 0 Å². The van der Waals surface area contributed by atoms with Gasteiger partial charge in [0.05, 0.1) is 13.0 Å². The normalized spacial score (nSPS) is 15.5. The number of aromatic nitrogens is 2. The molecule has 12 nitrogen and oxygen atoms in total. The van der Waals surface area contributed by atoms with Crippen LogP contribution in [0.4, 0.5) is 11.5 Å². The second kappa shape index (κ2) is 9.87. The summed E-state index contributed by atoms with van der Waals surface area (Å²) < 4.78 is 21.2. The number of carbonyl (C=O) groups excluding carboxylic acids is 3. The van der Waals surface area contributed by atoms with Crippen molar-refractivity contribution in [1.29, 1.82) is 0 Å². The molecule has 2 heterocycles. The van der Waals surface area contributed by atoms with E-state index >= 15 is 0 Å². The van der Waals surface area contributed by atoms with Gasteiger partial charge in [-0.3, -0.25) is 19.2 Å². The number of hydrogen-bond acceptors (Lipinski definition) is 11. The zero-order valence-corrected chi connectivity index (χ0v) is 16.6. The molecular formula is C17H24N4O8. The Morgan fingerprint density at radius 1 is 1.10 bits per heavy atom. The van der Waals surface area contributed by atoms with Crippen molar-refractivity contribution >= 4 is 29.4 Å². The molecule has 0 saturated carbocycles. The summed E-state index contributed by atoms with van der Waals surface area (Å²) in [5, 5.41) is 2.92. The molecule has 0 aromatic carbocycles. The number of nitrogens with zero attached hydrogens (tertiary/aromatic N) is 2. The third-order valence-electron chi connectivity index (χ3n) is 3.98. The van der Waals surface area contributed by atoms with E-state index in [4.69, 9.17) is 18.9 Å². The van der Waals surface area contributed by atoms with Crippen molar-refractivity contribution in [3.8, 4) is 0 Å². The van der Waals surface area contributed by atoms with Crippen LogP contribution in [0.25, 0.3) is 0 Å². The fourth-order valence-electron chi connectivity index (χ4n) is 2.70. The van der Waals surface area contributed by atoms with Crippen LogP contribution >= 0.6 is 0 Å². The molecule has 0 radical (unpaired) electrons. The fraction of sp³-hybridized carbons (Fsp3) is 0.588. The Bertz CT molecular complexity index is 811. The number of ether oxygens (including phenoxy) is 4. The van der Waals surface area contributed by atoms with E-state index in [-0.39, 0.29) is 25.4 Å². The summed E-state index contributed by atoms with van der Waals surface area (Å²) in [5.41, 5.74) is -0.0234. The first kappa shape index (κ1) is 22.1. The molecule has 1 aliphatic rings. The zero-order chi connectivity index (χ0) is 21.6. The van der Waals surface area contributed by atoms with E-state index in [0.29, 0.717) is 11.5 Å². The lowest BCUT2D eigenvalue weighted by atomic mass is 10.2. The highest BCUT2D eigenvalue weighted by Gasteiger charge is 2.34. The van der Waals surface area contributed by atoms with E-state index < -0.39 is 36.3 Å². The van der Waals surface area contributed by atoms with Crippen LogP contribution in [0.3, 0.4) is 0 Å². The van der Waals surface area contributed by atoms with Crippen LogP contribution < -0.4 is 15.8 Å². The Kier molecular flexibility index (Phi) is 7.53. The zero-order valence-electron chi connectivity index (χ0n) is 16.6. The molecule has 2 rings (SSSR count). The minimum Gasteiger partial charge on any atom is -0.463 e. The molecule has 29 heavy (non-hydrogen) atoms. The molecule has 0 fully saturated rings. The van der Waals surface area contributed by atoms with Crippen LogP contribution in [0.2, 0.25) is 0 Å². The largest absolute Gasteiger partial charge is 0.463 e. The van der Waals surface area contributed by atoms with Gasteiger partial charge in [-0.25, -0.2) is 4.98 Å². The third kappa shape index (κ3) is 6.17. The Morgan fingerprint density at radius 3 is 2.31 bits per heavy atom. The van der Waals surface area contributed by atoms with Gasteiger partial charge in [0, 0.05) is 20.8 Å². The van der Waals surface area contributed by atoms with Gasteiger partial charge in [0.1, 0.15) is 31.2 Å². The number of esters is 3. The third-order valence-corrected chi connectivity index (χ3v) is 3.98. The summed E-state index contributed by atoms with van der Waals surface area (Å²) in [6, 6.07) is 0. The Balaban J connectivity index is 2.19. The van der Waals surface area contributed by atoms with Crippen molar-refractivity contribution in [2.24, 2.45) is 0 Å².